The van der Waals surface area contributed by atoms with E-state index < -0.39 is 0 Å². The van der Waals surface area contributed by atoms with Crippen LogP contribution < -0.4 is 0 Å². The molecule has 1 unspecified atom stereocenters. The highest BCUT2D eigenvalue weighted by molar-refractivity contribution is 5.79. The molecule has 0 spiro atoms. The van der Waals surface area contributed by atoms with Gasteiger partial charge in [-0.1, -0.05) is 56.5 Å². The van der Waals surface area contributed by atoms with Crippen LogP contribution in [0.2, 0.25) is 0 Å². The van der Waals surface area contributed by atoms with Gasteiger partial charge in [0.25, 0.3) is 0 Å². The molecule has 0 aliphatic heterocycles. The molecule has 0 bridgehead atoms. The van der Waals surface area contributed by atoms with Gasteiger partial charge in [-0.25, -0.2) is 0 Å². The van der Waals surface area contributed by atoms with Crippen molar-refractivity contribution in [2.24, 2.45) is 5.41 Å². The van der Waals surface area contributed by atoms with Crippen molar-refractivity contribution < 1.29 is 4.79 Å². The van der Waals surface area contributed by atoms with Gasteiger partial charge >= 0.3 is 0 Å². The van der Waals surface area contributed by atoms with Gasteiger partial charge in [-0.15, -0.1) is 0 Å². The predicted molar refractivity (Wildman–Crippen MR) is 84.8 cm³/mol. The topological polar surface area (TPSA) is 17.1 Å². The van der Waals surface area contributed by atoms with E-state index in [1.807, 2.05) is 0 Å². The largest absolute Gasteiger partial charge is 0.300 e. The molecule has 1 aliphatic rings. The summed E-state index contributed by atoms with van der Waals surface area (Å²) in [5.74, 6) is 0.489. The van der Waals surface area contributed by atoms with Crippen molar-refractivity contribution >= 4 is 5.78 Å². The molecule has 1 aromatic carbocycles. The Kier molecular flexibility index (Phi) is 5.82. The highest BCUT2D eigenvalue weighted by Crippen LogP contribution is 2.38. The molecule has 110 valence electrons. The van der Waals surface area contributed by atoms with Crippen LogP contribution in [0.1, 0.15) is 70.3 Å². The first kappa shape index (κ1) is 15.3. The van der Waals surface area contributed by atoms with Gasteiger partial charge in [0, 0.05) is 12.8 Å². The number of hydrogen-bond acceptors (Lipinski definition) is 1. The minimum Gasteiger partial charge on any atom is -0.300 e. The second-order valence-corrected chi connectivity index (χ2v) is 6.78. The van der Waals surface area contributed by atoms with Crippen molar-refractivity contribution in [1.29, 1.82) is 0 Å². The summed E-state index contributed by atoms with van der Waals surface area (Å²) in [4.78, 5) is 11.6. The Labute approximate surface area is 123 Å². The zero-order valence-corrected chi connectivity index (χ0v) is 12.9. The normalized spacial score (nSPS) is 22.9. The van der Waals surface area contributed by atoms with Crippen molar-refractivity contribution in [3.8, 4) is 0 Å². The summed E-state index contributed by atoms with van der Waals surface area (Å²) in [7, 11) is 0. The highest BCUT2D eigenvalue weighted by Gasteiger charge is 2.30. The Morgan fingerprint density at radius 2 is 1.80 bits per heavy atom. The predicted octanol–water partition coefficient (Wildman–Crippen LogP) is 5.33. The highest BCUT2D eigenvalue weighted by atomic mass is 16.1. The van der Waals surface area contributed by atoms with E-state index in [0.717, 1.165) is 19.3 Å². The van der Waals surface area contributed by atoms with Crippen molar-refractivity contribution in [3.05, 3.63) is 35.9 Å². The number of rotatable bonds is 7. The average molecular weight is 272 g/mol. The van der Waals surface area contributed by atoms with Gasteiger partial charge in [-0.3, -0.25) is 4.79 Å². The summed E-state index contributed by atoms with van der Waals surface area (Å²) in [6.45, 7) is 2.31. The van der Waals surface area contributed by atoms with Gasteiger partial charge in [-0.2, -0.15) is 0 Å². The number of hydrogen-bond donors (Lipinski definition) is 0. The summed E-state index contributed by atoms with van der Waals surface area (Å²) in [6.07, 6.45) is 11.7. The third-order valence-electron chi connectivity index (χ3n) is 4.70. The molecular weight excluding hydrogens is 244 g/mol. The summed E-state index contributed by atoms with van der Waals surface area (Å²) in [5, 5.41) is 0. The Hall–Kier alpha value is -1.11. The summed E-state index contributed by atoms with van der Waals surface area (Å²) < 4.78 is 0. The van der Waals surface area contributed by atoms with E-state index in [9.17, 15) is 4.79 Å². The standard InChI is InChI=1S/C19H28O/c1-19(15-9-13-18(20)16-19)14-8-3-2-5-10-17-11-6-4-7-12-17/h4,6-7,11-12H,2-3,5,8-10,13-16H2,1H3. The lowest BCUT2D eigenvalue weighted by Gasteiger charge is -2.32. The molecule has 0 aromatic heterocycles. The number of unbranched alkanes of at least 4 members (excludes halogenated alkanes) is 3. The van der Waals surface area contributed by atoms with Crippen LogP contribution in [0, 0.1) is 5.41 Å². The van der Waals surface area contributed by atoms with Gasteiger partial charge in [0.2, 0.25) is 0 Å². The van der Waals surface area contributed by atoms with Crippen LogP contribution in [0.25, 0.3) is 0 Å². The van der Waals surface area contributed by atoms with Crippen LogP contribution >= 0.6 is 0 Å². The molecule has 0 saturated heterocycles. The van der Waals surface area contributed by atoms with E-state index in [2.05, 4.69) is 37.3 Å². The molecule has 1 fully saturated rings. The quantitative estimate of drug-likeness (QED) is 0.613. The van der Waals surface area contributed by atoms with Gasteiger partial charge in [0.15, 0.2) is 0 Å². The number of ketones is 1. The number of carbonyl (C=O) groups is 1. The second kappa shape index (κ2) is 7.61. The van der Waals surface area contributed by atoms with E-state index in [1.54, 1.807) is 0 Å². The number of carbonyl (C=O) groups excluding carboxylic acids is 1. The Balaban J connectivity index is 1.56. The molecule has 1 nitrogen and oxygen atoms in total. The monoisotopic (exact) mass is 272 g/mol. The number of Topliss-reactive ketones (excluding diaryl/α,β-unsaturated/α-hetero) is 1. The molecule has 0 N–H and O–H groups in total. The van der Waals surface area contributed by atoms with Gasteiger partial charge < -0.3 is 0 Å². The minimum atomic E-state index is 0.314. The van der Waals surface area contributed by atoms with E-state index in [-0.39, 0.29) is 0 Å². The Morgan fingerprint density at radius 3 is 2.55 bits per heavy atom. The van der Waals surface area contributed by atoms with E-state index in [4.69, 9.17) is 0 Å². The average Bonchev–Trinajstić information content (AvgIpc) is 2.43. The van der Waals surface area contributed by atoms with Crippen LogP contribution in [0.15, 0.2) is 30.3 Å². The van der Waals surface area contributed by atoms with Crippen LogP contribution in [-0.4, -0.2) is 5.78 Å². The molecular formula is C19H28O. The van der Waals surface area contributed by atoms with Crippen molar-refractivity contribution in [2.75, 3.05) is 0 Å². The lowest BCUT2D eigenvalue weighted by molar-refractivity contribution is -0.123. The first-order chi connectivity index (χ1) is 9.68. The fourth-order valence-corrected chi connectivity index (χ4v) is 3.46. The third-order valence-corrected chi connectivity index (χ3v) is 4.70. The van der Waals surface area contributed by atoms with Gasteiger partial charge in [0.1, 0.15) is 5.78 Å². The van der Waals surface area contributed by atoms with Gasteiger partial charge in [-0.05, 0) is 43.1 Å². The van der Waals surface area contributed by atoms with E-state index in [0.29, 0.717) is 11.2 Å². The van der Waals surface area contributed by atoms with Crippen LogP contribution in [0.5, 0.6) is 0 Å². The fourth-order valence-electron chi connectivity index (χ4n) is 3.46. The molecule has 0 amide bonds. The second-order valence-electron chi connectivity index (χ2n) is 6.78. The SMILES string of the molecule is CC1(CCCCCCc2ccccc2)CCCC(=O)C1. The Morgan fingerprint density at radius 1 is 1.05 bits per heavy atom. The molecule has 0 radical (unpaired) electrons. The lowest BCUT2D eigenvalue weighted by Crippen LogP contribution is -2.25. The van der Waals surface area contributed by atoms with Crippen molar-refractivity contribution in [2.45, 2.75) is 71.1 Å². The number of benzene rings is 1. The first-order valence-electron chi connectivity index (χ1n) is 8.24. The zero-order chi connectivity index (χ0) is 14.3. The smallest absolute Gasteiger partial charge is 0.133 e. The third kappa shape index (κ3) is 5.11. The molecule has 0 heterocycles. The van der Waals surface area contributed by atoms with Crippen LogP contribution in [0.3, 0.4) is 0 Å². The zero-order valence-electron chi connectivity index (χ0n) is 12.9. The molecule has 1 aromatic rings. The lowest BCUT2D eigenvalue weighted by atomic mass is 9.72. The molecule has 1 atom stereocenters. The Bertz CT molecular complexity index is 409. The minimum absolute atomic E-state index is 0.314. The number of aryl methyl sites for hydroxylation is 1. The molecule has 1 heteroatoms. The van der Waals surface area contributed by atoms with E-state index in [1.165, 1.54) is 50.5 Å². The van der Waals surface area contributed by atoms with Crippen molar-refractivity contribution in [3.63, 3.8) is 0 Å². The summed E-state index contributed by atoms with van der Waals surface area (Å²) >= 11 is 0. The maximum atomic E-state index is 11.6. The summed E-state index contributed by atoms with van der Waals surface area (Å²) in [6, 6.07) is 10.8. The molecule has 2 rings (SSSR count). The molecule has 1 aliphatic carbocycles. The first-order valence-corrected chi connectivity index (χ1v) is 8.24. The summed E-state index contributed by atoms with van der Waals surface area (Å²) in [5.41, 5.74) is 1.77. The maximum absolute atomic E-state index is 11.6. The molecule has 1 saturated carbocycles. The van der Waals surface area contributed by atoms with Crippen LogP contribution in [0.4, 0.5) is 0 Å². The fraction of sp³-hybridized carbons (Fsp3) is 0.632. The van der Waals surface area contributed by atoms with E-state index >= 15 is 0 Å². The maximum Gasteiger partial charge on any atom is 0.133 e. The van der Waals surface area contributed by atoms with Crippen LogP contribution in [-0.2, 0) is 11.2 Å². The van der Waals surface area contributed by atoms with Crippen molar-refractivity contribution in [1.82, 2.24) is 0 Å². The molecule has 20 heavy (non-hydrogen) atoms. The van der Waals surface area contributed by atoms with Gasteiger partial charge in [0.05, 0.1) is 0 Å².